The smallest absolute Gasteiger partial charge is 0.0431 e. The van der Waals surface area contributed by atoms with E-state index in [1.165, 1.54) is 25.9 Å². The fourth-order valence-corrected chi connectivity index (χ4v) is 2.04. The van der Waals surface area contributed by atoms with Crippen LogP contribution in [0.15, 0.2) is 0 Å². The summed E-state index contributed by atoms with van der Waals surface area (Å²) in [6, 6.07) is 0.666. The molecule has 2 nitrogen and oxygen atoms in total. The summed E-state index contributed by atoms with van der Waals surface area (Å²) in [5.41, 5.74) is 0. The zero-order valence-corrected chi connectivity index (χ0v) is 9.00. The lowest BCUT2D eigenvalue weighted by molar-refractivity contribution is 0.134. The van der Waals surface area contributed by atoms with E-state index < -0.39 is 0 Å². The first kappa shape index (κ1) is 11.0. The first-order valence-corrected chi connectivity index (χ1v) is 5.59. The van der Waals surface area contributed by atoms with Gasteiger partial charge in [0, 0.05) is 12.6 Å². The van der Waals surface area contributed by atoms with E-state index in [0.29, 0.717) is 12.6 Å². The fourth-order valence-electron chi connectivity index (χ4n) is 2.04. The summed E-state index contributed by atoms with van der Waals surface area (Å²) in [4.78, 5) is 2.57. The molecule has 0 spiro atoms. The van der Waals surface area contributed by atoms with E-state index in [9.17, 15) is 0 Å². The third-order valence-electron chi connectivity index (χ3n) is 3.22. The summed E-state index contributed by atoms with van der Waals surface area (Å²) in [6.07, 6.45) is 4.80. The molecule has 13 heavy (non-hydrogen) atoms. The largest absolute Gasteiger partial charge is 0.396 e. The molecule has 1 rings (SSSR count). The third-order valence-corrected chi connectivity index (χ3v) is 3.22. The minimum atomic E-state index is 0.342. The third kappa shape index (κ3) is 3.65. The first-order valence-electron chi connectivity index (χ1n) is 5.59. The van der Waals surface area contributed by atoms with Gasteiger partial charge >= 0.3 is 0 Å². The predicted octanol–water partition coefficient (Wildman–Crippen LogP) is 1.88. The van der Waals surface area contributed by atoms with E-state index in [4.69, 9.17) is 5.11 Å². The van der Waals surface area contributed by atoms with Crippen LogP contribution < -0.4 is 0 Å². The van der Waals surface area contributed by atoms with Crippen molar-refractivity contribution >= 4 is 0 Å². The minimum absolute atomic E-state index is 0.342. The molecule has 1 aliphatic rings. The summed E-state index contributed by atoms with van der Waals surface area (Å²) >= 11 is 0. The quantitative estimate of drug-likeness (QED) is 0.723. The first-order chi connectivity index (χ1) is 6.24. The summed E-state index contributed by atoms with van der Waals surface area (Å²) in [5, 5.41) is 8.74. The highest BCUT2D eigenvalue weighted by atomic mass is 16.2. The van der Waals surface area contributed by atoms with Crippen molar-refractivity contribution in [1.82, 2.24) is 4.90 Å². The highest BCUT2D eigenvalue weighted by Crippen LogP contribution is 2.19. The second-order valence-corrected chi connectivity index (χ2v) is 4.43. The van der Waals surface area contributed by atoms with Crippen molar-refractivity contribution < 1.29 is 5.11 Å². The van der Waals surface area contributed by atoms with Crippen molar-refractivity contribution in [3.8, 4) is 0 Å². The topological polar surface area (TPSA) is 23.5 Å². The van der Waals surface area contributed by atoms with E-state index in [-0.39, 0.29) is 0 Å². The zero-order valence-electron chi connectivity index (χ0n) is 9.00. The lowest BCUT2D eigenvalue weighted by atomic mass is 9.97. The molecule has 1 atom stereocenters. The number of aliphatic hydroxyl groups is 1. The Morgan fingerprint density at radius 1 is 1.38 bits per heavy atom. The number of hydrogen-bond donors (Lipinski definition) is 1. The Bertz CT molecular complexity index is 130. The molecule has 0 amide bonds. The second-order valence-electron chi connectivity index (χ2n) is 4.43. The van der Waals surface area contributed by atoms with Crippen LogP contribution in [-0.4, -0.2) is 35.7 Å². The highest BCUT2D eigenvalue weighted by Gasteiger charge is 2.19. The Kier molecular flexibility index (Phi) is 4.74. The van der Waals surface area contributed by atoms with Gasteiger partial charge in [-0.1, -0.05) is 6.92 Å². The number of likely N-dealkylation sites (tertiary alicyclic amines) is 1. The molecular weight excluding hydrogens is 162 g/mol. The Hall–Kier alpha value is -0.0800. The molecule has 1 fully saturated rings. The maximum absolute atomic E-state index is 8.74. The van der Waals surface area contributed by atoms with Crippen molar-refractivity contribution in [2.45, 2.75) is 45.6 Å². The van der Waals surface area contributed by atoms with Crippen molar-refractivity contribution in [2.24, 2.45) is 5.92 Å². The van der Waals surface area contributed by atoms with Crippen LogP contribution in [0.5, 0.6) is 0 Å². The molecule has 1 N–H and O–H groups in total. The molecule has 0 radical (unpaired) electrons. The predicted molar refractivity (Wildman–Crippen MR) is 55.8 cm³/mol. The van der Waals surface area contributed by atoms with Gasteiger partial charge in [-0.3, -0.25) is 0 Å². The number of hydrogen-bond acceptors (Lipinski definition) is 2. The molecule has 0 aromatic rings. The van der Waals surface area contributed by atoms with E-state index in [1.54, 1.807) is 0 Å². The van der Waals surface area contributed by atoms with Gasteiger partial charge in [0.05, 0.1) is 0 Å². The lowest BCUT2D eigenvalue weighted by Gasteiger charge is -2.34. The van der Waals surface area contributed by atoms with Crippen molar-refractivity contribution in [2.75, 3.05) is 19.7 Å². The van der Waals surface area contributed by atoms with Crippen LogP contribution in [0.25, 0.3) is 0 Å². The van der Waals surface area contributed by atoms with Crippen LogP contribution in [0.1, 0.15) is 39.5 Å². The standard InChI is InChI=1S/C11H23NO/c1-10-5-7-12(8-6-10)11(2)4-3-9-13/h10-11,13H,3-9H2,1-2H3/t11-/m1/s1. The molecule has 1 aliphatic heterocycles. The Balaban J connectivity index is 2.19. The molecule has 0 bridgehead atoms. The van der Waals surface area contributed by atoms with Crippen LogP contribution in [0.4, 0.5) is 0 Å². The molecule has 0 aromatic carbocycles. The summed E-state index contributed by atoms with van der Waals surface area (Å²) in [6.45, 7) is 7.48. The van der Waals surface area contributed by atoms with Crippen LogP contribution in [0, 0.1) is 5.92 Å². The van der Waals surface area contributed by atoms with E-state index >= 15 is 0 Å². The average Bonchev–Trinajstić information content (AvgIpc) is 2.15. The van der Waals surface area contributed by atoms with Crippen LogP contribution in [-0.2, 0) is 0 Å². The lowest BCUT2D eigenvalue weighted by Crippen LogP contribution is -2.39. The molecule has 0 aromatic heterocycles. The number of nitrogens with zero attached hydrogens (tertiary/aromatic N) is 1. The maximum Gasteiger partial charge on any atom is 0.0431 e. The molecule has 1 heterocycles. The van der Waals surface area contributed by atoms with E-state index in [1.807, 2.05) is 0 Å². The average molecular weight is 185 g/mol. The van der Waals surface area contributed by atoms with Gasteiger partial charge in [0.2, 0.25) is 0 Å². The van der Waals surface area contributed by atoms with Crippen LogP contribution >= 0.6 is 0 Å². The monoisotopic (exact) mass is 185 g/mol. The van der Waals surface area contributed by atoms with Gasteiger partial charge in [-0.2, -0.15) is 0 Å². The fraction of sp³-hybridized carbons (Fsp3) is 1.00. The molecular formula is C11H23NO. The molecule has 0 saturated carbocycles. The van der Waals surface area contributed by atoms with Crippen molar-refractivity contribution in [3.63, 3.8) is 0 Å². The molecule has 0 unspecified atom stereocenters. The normalized spacial score (nSPS) is 23.3. The number of aliphatic hydroxyl groups excluding tert-OH is 1. The Morgan fingerprint density at radius 2 is 2.00 bits per heavy atom. The highest BCUT2D eigenvalue weighted by molar-refractivity contribution is 4.74. The molecule has 2 heteroatoms. The molecule has 78 valence electrons. The number of piperidine rings is 1. The zero-order chi connectivity index (χ0) is 9.68. The summed E-state index contributed by atoms with van der Waals surface area (Å²) in [7, 11) is 0. The second kappa shape index (κ2) is 5.61. The summed E-state index contributed by atoms with van der Waals surface area (Å²) in [5.74, 6) is 0.918. The van der Waals surface area contributed by atoms with Gasteiger partial charge in [0.1, 0.15) is 0 Å². The summed E-state index contributed by atoms with van der Waals surface area (Å²) < 4.78 is 0. The van der Waals surface area contributed by atoms with Gasteiger partial charge < -0.3 is 10.0 Å². The van der Waals surface area contributed by atoms with Crippen LogP contribution in [0.2, 0.25) is 0 Å². The van der Waals surface area contributed by atoms with Gasteiger partial charge in [-0.25, -0.2) is 0 Å². The van der Waals surface area contributed by atoms with E-state index in [2.05, 4.69) is 18.7 Å². The van der Waals surface area contributed by atoms with Crippen LogP contribution in [0.3, 0.4) is 0 Å². The SMILES string of the molecule is CC1CCN([C@H](C)CCCO)CC1. The molecule has 0 aliphatic carbocycles. The van der Waals surface area contributed by atoms with Gasteiger partial charge in [0.15, 0.2) is 0 Å². The Labute approximate surface area is 81.9 Å². The van der Waals surface area contributed by atoms with E-state index in [0.717, 1.165) is 18.8 Å². The minimum Gasteiger partial charge on any atom is -0.396 e. The number of rotatable bonds is 4. The van der Waals surface area contributed by atoms with Crippen molar-refractivity contribution in [3.05, 3.63) is 0 Å². The maximum atomic E-state index is 8.74. The van der Waals surface area contributed by atoms with Gasteiger partial charge in [-0.05, 0) is 51.6 Å². The van der Waals surface area contributed by atoms with Gasteiger partial charge in [0.25, 0.3) is 0 Å². The van der Waals surface area contributed by atoms with Gasteiger partial charge in [-0.15, -0.1) is 0 Å². The Morgan fingerprint density at radius 3 is 2.54 bits per heavy atom. The molecule has 1 saturated heterocycles. The van der Waals surface area contributed by atoms with Crippen molar-refractivity contribution in [1.29, 1.82) is 0 Å².